The Balaban J connectivity index is 0. The summed E-state index contributed by atoms with van der Waals surface area (Å²) in [6.07, 6.45) is 0. The van der Waals surface area contributed by atoms with Crippen LogP contribution in [0.1, 0.15) is 0 Å². The van der Waals surface area contributed by atoms with Crippen LogP contribution in [0.2, 0.25) is 0 Å². The van der Waals surface area contributed by atoms with Gasteiger partial charge in [0.25, 0.3) is 0 Å². The molecule has 0 aromatic rings. The van der Waals surface area contributed by atoms with E-state index < -0.39 is 16.2 Å². The van der Waals surface area contributed by atoms with Crippen molar-refractivity contribution in [1.29, 1.82) is 0 Å². The smallest absolute Gasteiger partial charge is 2.00 e. The maximum Gasteiger partial charge on any atom is -2.00 e. The molecule has 5 heteroatoms. The summed E-state index contributed by atoms with van der Waals surface area (Å²) in [5.41, 5.74) is 0. The molecule has 0 radical (unpaired) electrons. The third-order valence-corrected chi connectivity index (χ3v) is 1.84. The monoisotopic (exact) mass is 160 g/mol. The van der Waals surface area contributed by atoms with E-state index in [-0.39, 0.29) is 5.48 Å². The van der Waals surface area contributed by atoms with Crippen molar-refractivity contribution in [3.05, 3.63) is 0 Å². The van der Waals surface area contributed by atoms with Crippen LogP contribution in [0.3, 0.4) is 0 Å². The first-order chi connectivity index (χ1) is 3.35. The van der Waals surface area contributed by atoms with E-state index in [1.807, 2.05) is 0 Å². The van der Waals surface area contributed by atoms with Crippen LogP contribution in [0.15, 0.2) is 0 Å². The normalized spacial score (nSPS) is 7.88. The second-order valence-corrected chi connectivity index (χ2v) is 3.18. The zero-order valence-corrected chi connectivity index (χ0v) is 6.48. The second-order valence-electron chi connectivity index (χ2n) is 0.771. The topological polar surface area (TPSA) is 56.2 Å². The molecule has 8 heavy (non-hydrogen) atoms. The Labute approximate surface area is 54.7 Å². The Kier molecular flexibility index (Phi) is 10.4. The van der Waals surface area contributed by atoms with E-state index >= 15 is 0 Å². The molecule has 0 rings (SSSR count). The standard InChI is InChI=1S/3CH3O.O.V/c3*1-2;;/h3*1H3;;/q3*-1;-2;+5. The molecule has 0 N–H and O–H groups in total. The molecule has 0 atom stereocenters. The van der Waals surface area contributed by atoms with Gasteiger partial charge in [-0.15, -0.1) is 0 Å². The van der Waals surface area contributed by atoms with Crippen LogP contribution in [0.4, 0.5) is 0 Å². The van der Waals surface area contributed by atoms with Gasteiger partial charge < -0.3 is 5.48 Å². The minimum atomic E-state index is -1.73. The first kappa shape index (κ1) is 11.3. The van der Waals surface area contributed by atoms with E-state index in [9.17, 15) is 0 Å². The van der Waals surface area contributed by atoms with Crippen molar-refractivity contribution < 1.29 is 32.7 Å². The summed E-state index contributed by atoms with van der Waals surface area (Å²) in [5.74, 6) is 0. The fraction of sp³-hybridized carbons (Fsp3) is 1.00. The van der Waals surface area contributed by atoms with Crippen molar-refractivity contribution in [3.8, 4) is 0 Å². The van der Waals surface area contributed by atoms with Crippen molar-refractivity contribution in [1.82, 2.24) is 0 Å². The summed E-state index contributed by atoms with van der Waals surface area (Å²) in [6.45, 7) is 0. The quantitative estimate of drug-likeness (QED) is 0.591. The van der Waals surface area contributed by atoms with Gasteiger partial charge in [0.15, 0.2) is 0 Å². The molecule has 0 fully saturated rings. The van der Waals surface area contributed by atoms with Crippen LogP contribution in [0, 0.1) is 0 Å². The Morgan fingerprint density at radius 2 is 1.12 bits per heavy atom. The molecule has 0 aromatic carbocycles. The van der Waals surface area contributed by atoms with Gasteiger partial charge in [-0.05, 0) is 0 Å². The molecule has 50 valence electrons. The van der Waals surface area contributed by atoms with E-state index in [2.05, 4.69) is 0 Å². The van der Waals surface area contributed by atoms with Crippen molar-refractivity contribution in [2.75, 3.05) is 21.3 Å². The Morgan fingerprint density at radius 3 is 1.12 bits per heavy atom. The van der Waals surface area contributed by atoms with Crippen molar-refractivity contribution in [2.24, 2.45) is 0 Å². The van der Waals surface area contributed by atoms with Crippen molar-refractivity contribution >= 4 is 0 Å². The molecule has 0 heterocycles. The van der Waals surface area contributed by atoms with E-state index in [1.165, 1.54) is 0 Å². The van der Waals surface area contributed by atoms with Crippen LogP contribution in [-0.2, 0) is 32.7 Å². The molecule has 0 unspecified atom stereocenters. The Morgan fingerprint density at radius 1 is 0.875 bits per heavy atom. The van der Waals surface area contributed by atoms with Crippen LogP contribution in [0.25, 0.3) is 0 Å². The molecule has 0 aliphatic carbocycles. The molecule has 0 saturated carbocycles. The van der Waals surface area contributed by atoms with Crippen LogP contribution in [0.5, 0.6) is 0 Å². The average molecular weight is 160 g/mol. The number of hydrogen-bond donors (Lipinski definition) is 0. The SMILES string of the molecule is C[O][V+2]([O]C)[O]C.[O-2]. The minimum Gasteiger partial charge on any atom is -2.00 e. The molecular formula is C3H9O4V. The summed E-state index contributed by atoms with van der Waals surface area (Å²) in [5, 5.41) is 0. The molecule has 0 saturated heterocycles. The zero-order chi connectivity index (χ0) is 5.70. The number of rotatable bonds is 3. The number of hydrogen-bond acceptors (Lipinski definition) is 3. The first-order valence-electron chi connectivity index (χ1n) is 1.77. The van der Waals surface area contributed by atoms with Gasteiger partial charge in [0.05, 0.1) is 0 Å². The van der Waals surface area contributed by atoms with Crippen LogP contribution >= 0.6 is 0 Å². The van der Waals surface area contributed by atoms with Gasteiger partial charge in [0.2, 0.25) is 0 Å². The van der Waals surface area contributed by atoms with Gasteiger partial charge in [-0.3, -0.25) is 0 Å². The molecule has 0 aliphatic heterocycles. The van der Waals surface area contributed by atoms with E-state index in [0.717, 1.165) is 0 Å². The summed E-state index contributed by atoms with van der Waals surface area (Å²) < 4.78 is 14.2. The van der Waals surface area contributed by atoms with Gasteiger partial charge in [-0.1, -0.05) is 0 Å². The first-order valence-corrected chi connectivity index (χ1v) is 3.48. The molecular weight excluding hydrogens is 151 g/mol. The van der Waals surface area contributed by atoms with Crippen LogP contribution < -0.4 is 0 Å². The largest absolute Gasteiger partial charge is 2.00 e. The van der Waals surface area contributed by atoms with Crippen LogP contribution in [-0.4, -0.2) is 21.3 Å². The third kappa shape index (κ3) is 4.58. The fourth-order valence-corrected chi connectivity index (χ4v) is 0.922. The van der Waals surface area contributed by atoms with Crippen molar-refractivity contribution in [3.63, 3.8) is 0 Å². The summed E-state index contributed by atoms with van der Waals surface area (Å²) >= 11 is -1.73. The van der Waals surface area contributed by atoms with Crippen molar-refractivity contribution in [2.45, 2.75) is 0 Å². The minimum absolute atomic E-state index is 0. The van der Waals surface area contributed by atoms with Gasteiger partial charge >= 0.3 is 48.5 Å². The zero-order valence-electron chi connectivity index (χ0n) is 5.08. The molecule has 0 aliphatic rings. The van der Waals surface area contributed by atoms with Gasteiger partial charge in [0, 0.05) is 0 Å². The summed E-state index contributed by atoms with van der Waals surface area (Å²) in [6, 6.07) is 0. The molecule has 0 aromatic heterocycles. The molecule has 0 spiro atoms. The second kappa shape index (κ2) is 7.42. The predicted molar refractivity (Wildman–Crippen MR) is 21.7 cm³/mol. The molecule has 0 bridgehead atoms. The molecule has 4 nitrogen and oxygen atoms in total. The van der Waals surface area contributed by atoms with E-state index in [0.29, 0.717) is 0 Å². The van der Waals surface area contributed by atoms with Gasteiger partial charge in [-0.25, -0.2) is 0 Å². The summed E-state index contributed by atoms with van der Waals surface area (Å²) in [4.78, 5) is 0. The fourth-order valence-electron chi connectivity index (χ4n) is 0.224. The Bertz CT molecular complexity index is 32.8. The Hall–Kier alpha value is 0.424. The third-order valence-electron chi connectivity index (χ3n) is 0.447. The van der Waals surface area contributed by atoms with E-state index in [1.54, 1.807) is 21.3 Å². The van der Waals surface area contributed by atoms with E-state index in [4.69, 9.17) is 11.0 Å². The van der Waals surface area contributed by atoms with Gasteiger partial charge in [0.1, 0.15) is 0 Å². The predicted octanol–water partition coefficient (Wildman–Crippen LogP) is 0.170. The van der Waals surface area contributed by atoms with Gasteiger partial charge in [-0.2, -0.15) is 0 Å². The maximum atomic E-state index is 4.75. The summed E-state index contributed by atoms with van der Waals surface area (Å²) in [7, 11) is 4.73. The maximum absolute atomic E-state index is 4.75. The molecule has 0 amide bonds. The average Bonchev–Trinajstić information content (AvgIpc) is 1.72.